The molecule has 0 aromatic heterocycles. The number of benzene rings is 1. The summed E-state index contributed by atoms with van der Waals surface area (Å²) in [7, 11) is -3.22. The number of likely N-dealkylation sites (N-methyl/N-ethyl adjacent to an activating group) is 1. The molecule has 23 heavy (non-hydrogen) atoms. The number of rotatable bonds is 5. The second kappa shape index (κ2) is 7.31. The van der Waals surface area contributed by atoms with Gasteiger partial charge in [-0.15, -0.1) is 0 Å². The van der Waals surface area contributed by atoms with Crippen LogP contribution in [-0.2, 0) is 14.6 Å². The molecule has 1 amide bonds. The number of carbonyl (C=O) groups excluding carboxylic acids is 1. The fourth-order valence-corrected chi connectivity index (χ4v) is 3.19. The first kappa shape index (κ1) is 17.7. The monoisotopic (exact) mass is 340 g/mol. The van der Waals surface area contributed by atoms with E-state index in [1.807, 2.05) is 4.90 Å². The predicted octanol–water partition coefficient (Wildman–Crippen LogP) is 1.02. The minimum absolute atomic E-state index is 0.0343. The van der Waals surface area contributed by atoms with Crippen LogP contribution in [0.1, 0.15) is 13.8 Å². The Kier molecular flexibility index (Phi) is 5.64. The topological polar surface area (TPSA) is 66.9 Å². The van der Waals surface area contributed by atoms with E-state index in [1.165, 1.54) is 12.1 Å². The molecule has 128 valence electrons. The van der Waals surface area contributed by atoms with Crippen LogP contribution in [0.15, 0.2) is 29.2 Å². The molecule has 0 saturated carbocycles. The molecular formula is C16H24N2O4S. The van der Waals surface area contributed by atoms with Crippen molar-refractivity contribution in [2.75, 3.05) is 39.0 Å². The van der Waals surface area contributed by atoms with Crippen LogP contribution in [0, 0.1) is 0 Å². The SMILES string of the molecule is CCN1CCN(C(=O)C(C)Oc2ccc(S(C)(=O)=O)cc2)CC1. The summed E-state index contributed by atoms with van der Waals surface area (Å²) in [5.74, 6) is 0.457. The van der Waals surface area contributed by atoms with Crippen LogP contribution < -0.4 is 4.74 Å². The van der Waals surface area contributed by atoms with Crippen LogP contribution in [0.2, 0.25) is 0 Å². The highest BCUT2D eigenvalue weighted by Gasteiger charge is 2.25. The van der Waals surface area contributed by atoms with Crippen LogP contribution in [0.25, 0.3) is 0 Å². The number of ether oxygens (including phenoxy) is 1. The van der Waals surface area contributed by atoms with Crippen molar-refractivity contribution in [2.24, 2.45) is 0 Å². The number of hydrogen-bond acceptors (Lipinski definition) is 5. The van der Waals surface area contributed by atoms with Gasteiger partial charge < -0.3 is 14.5 Å². The van der Waals surface area contributed by atoms with E-state index in [9.17, 15) is 13.2 Å². The summed E-state index contributed by atoms with van der Waals surface area (Å²) in [6.45, 7) is 8.04. The van der Waals surface area contributed by atoms with Gasteiger partial charge in [-0.05, 0) is 37.7 Å². The Hall–Kier alpha value is -1.60. The maximum absolute atomic E-state index is 12.4. The van der Waals surface area contributed by atoms with Gasteiger partial charge in [0.05, 0.1) is 4.90 Å². The summed E-state index contributed by atoms with van der Waals surface area (Å²) in [6.07, 6.45) is 0.567. The molecule has 1 fully saturated rings. The molecule has 1 saturated heterocycles. The number of sulfone groups is 1. The molecule has 2 rings (SSSR count). The molecule has 1 aromatic carbocycles. The molecule has 7 heteroatoms. The third-order valence-corrected chi connectivity index (χ3v) is 5.17. The van der Waals surface area contributed by atoms with Gasteiger partial charge in [0.2, 0.25) is 0 Å². The Morgan fingerprint density at radius 1 is 1.17 bits per heavy atom. The lowest BCUT2D eigenvalue weighted by atomic mass is 10.2. The zero-order chi connectivity index (χ0) is 17.0. The van der Waals surface area contributed by atoms with Gasteiger partial charge >= 0.3 is 0 Å². The van der Waals surface area contributed by atoms with Crippen LogP contribution in [-0.4, -0.2) is 69.2 Å². The number of amides is 1. The first-order chi connectivity index (χ1) is 10.8. The zero-order valence-corrected chi connectivity index (χ0v) is 14.7. The molecule has 0 N–H and O–H groups in total. The predicted molar refractivity (Wildman–Crippen MR) is 88.3 cm³/mol. The number of hydrogen-bond donors (Lipinski definition) is 0. The quantitative estimate of drug-likeness (QED) is 0.801. The lowest BCUT2D eigenvalue weighted by Gasteiger charge is -2.35. The Morgan fingerprint density at radius 3 is 2.22 bits per heavy atom. The largest absolute Gasteiger partial charge is 0.481 e. The van der Waals surface area contributed by atoms with E-state index < -0.39 is 15.9 Å². The Balaban J connectivity index is 1.93. The molecule has 6 nitrogen and oxygen atoms in total. The van der Waals surface area contributed by atoms with Gasteiger partial charge in [0.25, 0.3) is 5.91 Å². The second-order valence-electron chi connectivity index (χ2n) is 5.76. The van der Waals surface area contributed by atoms with Gasteiger partial charge in [0, 0.05) is 32.4 Å². The van der Waals surface area contributed by atoms with E-state index in [2.05, 4.69) is 11.8 Å². The van der Waals surface area contributed by atoms with Crippen LogP contribution in [0.5, 0.6) is 5.75 Å². The van der Waals surface area contributed by atoms with Crippen molar-refractivity contribution < 1.29 is 17.9 Å². The van der Waals surface area contributed by atoms with Gasteiger partial charge in [-0.1, -0.05) is 6.92 Å². The van der Waals surface area contributed by atoms with Crippen LogP contribution in [0.3, 0.4) is 0 Å². The third kappa shape index (κ3) is 4.68. The van der Waals surface area contributed by atoms with Gasteiger partial charge in [-0.2, -0.15) is 0 Å². The van der Waals surface area contributed by atoms with E-state index in [1.54, 1.807) is 19.1 Å². The minimum Gasteiger partial charge on any atom is -0.481 e. The van der Waals surface area contributed by atoms with Crippen LogP contribution >= 0.6 is 0 Å². The highest BCUT2D eigenvalue weighted by molar-refractivity contribution is 7.90. The molecule has 1 heterocycles. The van der Waals surface area contributed by atoms with Crippen molar-refractivity contribution in [1.82, 2.24) is 9.80 Å². The lowest BCUT2D eigenvalue weighted by molar-refractivity contribution is -0.139. The molecule has 1 aliphatic heterocycles. The van der Waals surface area contributed by atoms with Crippen molar-refractivity contribution in [2.45, 2.75) is 24.8 Å². The normalized spacial score (nSPS) is 17.8. The Bertz CT molecular complexity index is 635. The smallest absolute Gasteiger partial charge is 0.263 e. The first-order valence-electron chi connectivity index (χ1n) is 7.79. The minimum atomic E-state index is -3.22. The summed E-state index contributed by atoms with van der Waals surface area (Å²) < 4.78 is 28.5. The zero-order valence-electron chi connectivity index (χ0n) is 13.9. The van der Waals surface area contributed by atoms with E-state index >= 15 is 0 Å². The van der Waals surface area contributed by atoms with Gasteiger partial charge in [-0.3, -0.25) is 4.79 Å². The van der Waals surface area contributed by atoms with Crippen molar-refractivity contribution in [1.29, 1.82) is 0 Å². The molecule has 0 bridgehead atoms. The average Bonchev–Trinajstić information content (AvgIpc) is 2.54. The first-order valence-corrected chi connectivity index (χ1v) is 9.68. The highest BCUT2D eigenvalue weighted by atomic mass is 32.2. The molecular weight excluding hydrogens is 316 g/mol. The van der Waals surface area contributed by atoms with Crippen molar-refractivity contribution in [3.8, 4) is 5.75 Å². The van der Waals surface area contributed by atoms with Crippen LogP contribution in [0.4, 0.5) is 0 Å². The molecule has 1 aliphatic rings. The average molecular weight is 340 g/mol. The van der Waals surface area contributed by atoms with Crippen molar-refractivity contribution in [3.05, 3.63) is 24.3 Å². The summed E-state index contributed by atoms with van der Waals surface area (Å²) in [4.78, 5) is 16.8. The summed E-state index contributed by atoms with van der Waals surface area (Å²) >= 11 is 0. The number of nitrogens with zero attached hydrogens (tertiary/aromatic N) is 2. The molecule has 0 radical (unpaired) electrons. The van der Waals surface area contributed by atoms with E-state index in [0.717, 1.165) is 25.9 Å². The Labute approximate surface area is 137 Å². The van der Waals surface area contributed by atoms with E-state index in [-0.39, 0.29) is 10.8 Å². The van der Waals surface area contributed by atoms with Crippen molar-refractivity contribution in [3.63, 3.8) is 0 Å². The molecule has 0 aliphatic carbocycles. The van der Waals surface area contributed by atoms with E-state index in [0.29, 0.717) is 18.8 Å². The maximum Gasteiger partial charge on any atom is 0.263 e. The standard InChI is InChI=1S/C16H24N2O4S/c1-4-17-9-11-18(12-10-17)16(19)13(2)22-14-5-7-15(8-6-14)23(3,20)21/h5-8,13H,4,9-12H2,1-3H3. The van der Waals surface area contributed by atoms with Gasteiger partial charge in [0.1, 0.15) is 5.75 Å². The van der Waals surface area contributed by atoms with E-state index in [4.69, 9.17) is 4.74 Å². The fourth-order valence-electron chi connectivity index (χ4n) is 2.56. The summed E-state index contributed by atoms with van der Waals surface area (Å²) in [5, 5.41) is 0. The molecule has 1 atom stereocenters. The van der Waals surface area contributed by atoms with Gasteiger partial charge in [-0.25, -0.2) is 8.42 Å². The summed E-state index contributed by atoms with van der Waals surface area (Å²) in [6, 6.07) is 6.13. The molecule has 0 spiro atoms. The summed E-state index contributed by atoms with van der Waals surface area (Å²) in [5.41, 5.74) is 0. The van der Waals surface area contributed by atoms with Gasteiger partial charge in [0.15, 0.2) is 15.9 Å². The number of carbonyl (C=O) groups is 1. The lowest BCUT2D eigenvalue weighted by Crippen LogP contribution is -2.51. The molecule has 1 unspecified atom stereocenters. The maximum atomic E-state index is 12.4. The highest BCUT2D eigenvalue weighted by Crippen LogP contribution is 2.18. The third-order valence-electron chi connectivity index (χ3n) is 4.04. The number of piperazine rings is 1. The molecule has 1 aromatic rings. The van der Waals surface area contributed by atoms with Crippen molar-refractivity contribution >= 4 is 15.7 Å². The fraction of sp³-hybridized carbons (Fsp3) is 0.562. The Morgan fingerprint density at radius 2 is 1.74 bits per heavy atom. The second-order valence-corrected chi connectivity index (χ2v) is 7.78.